The molecule has 29 heavy (non-hydrogen) atoms. The highest BCUT2D eigenvalue weighted by atomic mass is 19.4. The first-order chi connectivity index (χ1) is 13.7. The van der Waals surface area contributed by atoms with Gasteiger partial charge in [-0.3, -0.25) is 9.55 Å². The Morgan fingerprint density at radius 2 is 1.66 bits per heavy atom. The molecule has 0 spiro atoms. The number of nitrogens with one attached hydrogen (secondary N) is 1. The summed E-state index contributed by atoms with van der Waals surface area (Å²) in [5.74, 6) is 1.77. The minimum absolute atomic E-state index is 0.424. The van der Waals surface area contributed by atoms with Crippen molar-refractivity contribution >= 4 is 22.5 Å². The first kappa shape index (κ1) is 18.9. The van der Waals surface area contributed by atoms with E-state index < -0.39 is 11.7 Å². The average molecular weight is 397 g/mol. The van der Waals surface area contributed by atoms with Crippen LogP contribution in [0, 0.1) is 20.8 Å². The van der Waals surface area contributed by atoms with E-state index in [4.69, 9.17) is 0 Å². The van der Waals surface area contributed by atoms with Crippen LogP contribution in [0.25, 0.3) is 16.9 Å². The second-order valence-corrected chi connectivity index (χ2v) is 6.91. The van der Waals surface area contributed by atoms with Crippen LogP contribution >= 0.6 is 0 Å². The molecule has 0 radical (unpaired) electrons. The first-order valence-corrected chi connectivity index (χ1v) is 8.95. The highest BCUT2D eigenvalue weighted by molar-refractivity contribution is 5.82. The number of fused-ring (bicyclic) bond motifs is 1. The van der Waals surface area contributed by atoms with Crippen LogP contribution in [0.3, 0.4) is 0 Å². The van der Waals surface area contributed by atoms with Gasteiger partial charge in [0.25, 0.3) is 0 Å². The van der Waals surface area contributed by atoms with Gasteiger partial charge in [-0.1, -0.05) is 6.07 Å². The van der Waals surface area contributed by atoms with Crippen LogP contribution in [-0.4, -0.2) is 19.5 Å². The van der Waals surface area contributed by atoms with Gasteiger partial charge in [0.05, 0.1) is 29.0 Å². The number of hydrogen-bond acceptors (Lipinski definition) is 4. The monoisotopic (exact) mass is 397 g/mol. The normalized spacial score (nSPS) is 11.8. The van der Waals surface area contributed by atoms with E-state index in [0.29, 0.717) is 17.3 Å². The van der Waals surface area contributed by atoms with Crippen molar-refractivity contribution in [1.29, 1.82) is 0 Å². The molecular weight excluding hydrogens is 379 g/mol. The quantitative estimate of drug-likeness (QED) is 0.496. The largest absolute Gasteiger partial charge is 0.416 e. The lowest BCUT2D eigenvalue weighted by molar-refractivity contribution is -0.137. The molecule has 8 heteroatoms. The van der Waals surface area contributed by atoms with E-state index in [1.807, 2.05) is 31.4 Å². The number of nitrogens with zero attached hydrogens (tertiary/aromatic N) is 4. The predicted octanol–water partition coefficient (Wildman–Crippen LogP) is 5.50. The number of benzene rings is 2. The number of anilines is 2. The van der Waals surface area contributed by atoms with Gasteiger partial charge in [-0.2, -0.15) is 13.2 Å². The molecule has 0 amide bonds. The molecule has 0 aliphatic heterocycles. The SMILES string of the molecule is Cc1cc(C)c2nc(C)n(-c3cncc(Nc4ccc(C(F)(F)F)cc4)n3)c2c1. The fraction of sp³-hybridized carbons (Fsp3) is 0.190. The second-order valence-electron chi connectivity index (χ2n) is 6.91. The summed E-state index contributed by atoms with van der Waals surface area (Å²) in [4.78, 5) is 13.5. The molecule has 2 heterocycles. The molecule has 4 aromatic rings. The van der Waals surface area contributed by atoms with E-state index in [0.717, 1.165) is 40.1 Å². The summed E-state index contributed by atoms with van der Waals surface area (Å²) in [6, 6.07) is 8.90. The zero-order valence-electron chi connectivity index (χ0n) is 16.0. The van der Waals surface area contributed by atoms with Gasteiger partial charge in [0.1, 0.15) is 5.82 Å². The molecule has 1 N–H and O–H groups in total. The number of imidazole rings is 1. The minimum Gasteiger partial charge on any atom is -0.339 e. The summed E-state index contributed by atoms with van der Waals surface area (Å²) in [5, 5.41) is 3.00. The van der Waals surface area contributed by atoms with Gasteiger partial charge in [-0.25, -0.2) is 9.97 Å². The minimum atomic E-state index is -4.37. The lowest BCUT2D eigenvalue weighted by atomic mass is 10.1. The fourth-order valence-electron chi connectivity index (χ4n) is 3.34. The molecule has 0 saturated heterocycles. The molecule has 0 atom stereocenters. The van der Waals surface area contributed by atoms with E-state index in [-0.39, 0.29) is 0 Å². The number of alkyl halides is 3. The van der Waals surface area contributed by atoms with E-state index in [9.17, 15) is 13.2 Å². The van der Waals surface area contributed by atoms with Crippen LogP contribution < -0.4 is 5.32 Å². The van der Waals surface area contributed by atoms with E-state index in [1.54, 1.807) is 6.20 Å². The average Bonchev–Trinajstić information content (AvgIpc) is 2.98. The summed E-state index contributed by atoms with van der Waals surface area (Å²) < 4.78 is 40.1. The first-order valence-electron chi connectivity index (χ1n) is 8.95. The fourth-order valence-corrected chi connectivity index (χ4v) is 3.34. The Kier molecular flexibility index (Phi) is 4.49. The van der Waals surface area contributed by atoms with Crippen molar-refractivity contribution in [1.82, 2.24) is 19.5 Å². The van der Waals surface area contributed by atoms with Gasteiger partial charge in [0, 0.05) is 5.69 Å². The molecule has 148 valence electrons. The number of hydrogen-bond donors (Lipinski definition) is 1. The number of halogens is 3. The van der Waals surface area contributed by atoms with Gasteiger partial charge in [0.2, 0.25) is 0 Å². The number of aromatic nitrogens is 4. The summed E-state index contributed by atoms with van der Waals surface area (Å²) in [5.41, 5.74) is 3.81. The van der Waals surface area contributed by atoms with Gasteiger partial charge < -0.3 is 5.32 Å². The third-order valence-corrected chi connectivity index (χ3v) is 4.60. The van der Waals surface area contributed by atoms with Crippen molar-refractivity contribution in [3.63, 3.8) is 0 Å². The van der Waals surface area contributed by atoms with Crippen LogP contribution in [0.1, 0.15) is 22.5 Å². The smallest absolute Gasteiger partial charge is 0.339 e. The Morgan fingerprint density at radius 1 is 0.931 bits per heavy atom. The third kappa shape index (κ3) is 3.65. The lowest BCUT2D eigenvalue weighted by Gasteiger charge is -2.11. The molecule has 2 aromatic carbocycles. The summed E-state index contributed by atoms with van der Waals surface area (Å²) >= 11 is 0. The van der Waals surface area contributed by atoms with Crippen LogP contribution in [0.4, 0.5) is 24.7 Å². The van der Waals surface area contributed by atoms with Crippen molar-refractivity contribution in [2.24, 2.45) is 0 Å². The van der Waals surface area contributed by atoms with Gasteiger partial charge in [0.15, 0.2) is 11.6 Å². The Morgan fingerprint density at radius 3 is 2.34 bits per heavy atom. The van der Waals surface area contributed by atoms with Crippen LogP contribution in [0.2, 0.25) is 0 Å². The van der Waals surface area contributed by atoms with Crippen molar-refractivity contribution in [2.75, 3.05) is 5.32 Å². The van der Waals surface area contributed by atoms with Crippen molar-refractivity contribution in [2.45, 2.75) is 26.9 Å². The van der Waals surface area contributed by atoms with E-state index in [1.165, 1.54) is 18.3 Å². The maximum atomic E-state index is 12.7. The van der Waals surface area contributed by atoms with E-state index >= 15 is 0 Å². The third-order valence-electron chi connectivity index (χ3n) is 4.60. The van der Waals surface area contributed by atoms with Gasteiger partial charge >= 0.3 is 6.18 Å². The van der Waals surface area contributed by atoms with Crippen LogP contribution in [0.5, 0.6) is 0 Å². The zero-order chi connectivity index (χ0) is 20.8. The lowest BCUT2D eigenvalue weighted by Crippen LogP contribution is -2.05. The number of aryl methyl sites for hydroxylation is 3. The molecule has 4 rings (SSSR count). The number of rotatable bonds is 3. The second kappa shape index (κ2) is 6.88. The molecule has 0 aliphatic carbocycles. The van der Waals surface area contributed by atoms with Gasteiger partial charge in [-0.05, 0) is 62.2 Å². The maximum absolute atomic E-state index is 12.7. The Hall–Kier alpha value is -3.42. The van der Waals surface area contributed by atoms with Gasteiger partial charge in [-0.15, -0.1) is 0 Å². The molecule has 0 bridgehead atoms. The topological polar surface area (TPSA) is 55.6 Å². The van der Waals surface area contributed by atoms with Crippen LogP contribution in [0.15, 0.2) is 48.8 Å². The Bertz CT molecular complexity index is 1190. The Balaban J connectivity index is 1.70. The molecule has 2 aromatic heterocycles. The summed E-state index contributed by atoms with van der Waals surface area (Å²) in [7, 11) is 0. The Labute approximate surface area is 165 Å². The molecule has 0 fully saturated rings. The molecule has 5 nitrogen and oxygen atoms in total. The van der Waals surface area contributed by atoms with E-state index in [2.05, 4.69) is 26.3 Å². The molecule has 0 saturated carbocycles. The molecular formula is C21H18F3N5. The standard InChI is InChI=1S/C21H18F3N5/c1-12-8-13(2)20-17(9-12)29(14(3)26-20)19-11-25-10-18(28-19)27-16-6-4-15(5-7-16)21(22,23)24/h4-11H,1-3H3,(H,27,28). The van der Waals surface area contributed by atoms with Crippen molar-refractivity contribution in [3.05, 3.63) is 71.3 Å². The summed E-state index contributed by atoms with van der Waals surface area (Å²) in [6.07, 6.45) is -1.22. The highest BCUT2D eigenvalue weighted by Gasteiger charge is 2.29. The molecule has 0 unspecified atom stereocenters. The predicted molar refractivity (Wildman–Crippen MR) is 106 cm³/mol. The summed E-state index contributed by atoms with van der Waals surface area (Å²) in [6.45, 7) is 5.93. The van der Waals surface area contributed by atoms with Crippen LogP contribution in [-0.2, 0) is 6.18 Å². The maximum Gasteiger partial charge on any atom is 0.416 e. The highest BCUT2D eigenvalue weighted by Crippen LogP contribution is 2.30. The zero-order valence-corrected chi connectivity index (χ0v) is 16.0. The molecule has 0 aliphatic rings. The van der Waals surface area contributed by atoms with Crippen molar-refractivity contribution in [3.8, 4) is 5.82 Å². The van der Waals surface area contributed by atoms with Crippen molar-refractivity contribution < 1.29 is 13.2 Å².